The van der Waals surface area contributed by atoms with Crippen molar-refractivity contribution in [2.24, 2.45) is 0 Å². The van der Waals surface area contributed by atoms with E-state index in [0.29, 0.717) is 13.2 Å². The highest BCUT2D eigenvalue weighted by molar-refractivity contribution is 5.93. The first-order valence-electron chi connectivity index (χ1n) is 13.2. The molecule has 38 heavy (non-hydrogen) atoms. The highest BCUT2D eigenvalue weighted by Crippen LogP contribution is 2.40. The summed E-state index contributed by atoms with van der Waals surface area (Å²) in [7, 11) is 3.52. The first kappa shape index (κ1) is 26.1. The van der Waals surface area contributed by atoms with Crippen molar-refractivity contribution >= 4 is 28.4 Å². The van der Waals surface area contributed by atoms with Gasteiger partial charge < -0.3 is 35.0 Å². The molecule has 0 radical (unpaired) electrons. The van der Waals surface area contributed by atoms with Gasteiger partial charge in [-0.25, -0.2) is 9.78 Å². The van der Waals surface area contributed by atoms with Crippen LogP contribution in [0.15, 0.2) is 48.5 Å². The smallest absolute Gasteiger partial charge is 0.321 e. The van der Waals surface area contributed by atoms with Gasteiger partial charge in [-0.2, -0.15) is 0 Å². The Kier molecular flexibility index (Phi) is 7.32. The fourth-order valence-electron chi connectivity index (χ4n) is 5.39. The molecule has 9 nitrogen and oxygen atoms in total. The third-order valence-electron chi connectivity index (χ3n) is 7.30. The van der Waals surface area contributed by atoms with Gasteiger partial charge in [0.15, 0.2) is 0 Å². The van der Waals surface area contributed by atoms with Crippen LogP contribution in [0.2, 0.25) is 0 Å². The number of carbonyl (C=O) groups is 1. The van der Waals surface area contributed by atoms with Gasteiger partial charge in [0, 0.05) is 43.8 Å². The third-order valence-corrected chi connectivity index (χ3v) is 7.30. The van der Waals surface area contributed by atoms with Gasteiger partial charge in [-0.15, -0.1) is 0 Å². The second kappa shape index (κ2) is 10.7. The SMILES string of the molecule is COc1cccc2c1C(Nc1ccc3cc(NC(=O)N(C)C4CCN(CC(C)(C)O)CC4)ccc3n1)CO2. The van der Waals surface area contributed by atoms with Crippen molar-refractivity contribution < 1.29 is 19.4 Å². The van der Waals surface area contributed by atoms with Crippen LogP contribution in [0, 0.1) is 0 Å². The molecule has 3 aromatic rings. The van der Waals surface area contributed by atoms with E-state index in [2.05, 4.69) is 15.5 Å². The summed E-state index contributed by atoms with van der Waals surface area (Å²) in [5, 5.41) is 17.5. The number of carbonyl (C=O) groups excluding carboxylic acids is 1. The number of benzene rings is 2. The number of anilines is 2. The molecule has 202 valence electrons. The van der Waals surface area contributed by atoms with Gasteiger partial charge in [-0.05, 0) is 69.2 Å². The number of nitrogens with one attached hydrogen (secondary N) is 2. The molecule has 5 rings (SSSR count). The maximum Gasteiger partial charge on any atom is 0.321 e. The Morgan fingerprint density at radius 3 is 2.74 bits per heavy atom. The number of β-amino-alcohol motifs (C(OH)–C–C–N with tert-alkyl or cyclic N) is 1. The number of fused-ring (bicyclic) bond motifs is 2. The Bertz CT molecular complexity index is 1300. The molecular weight excluding hydrogens is 482 g/mol. The first-order valence-corrected chi connectivity index (χ1v) is 13.2. The van der Waals surface area contributed by atoms with E-state index in [4.69, 9.17) is 14.5 Å². The lowest BCUT2D eigenvalue weighted by Crippen LogP contribution is -2.49. The van der Waals surface area contributed by atoms with Crippen LogP contribution in [0.5, 0.6) is 11.5 Å². The van der Waals surface area contributed by atoms with Gasteiger partial charge >= 0.3 is 6.03 Å². The monoisotopic (exact) mass is 519 g/mol. The first-order chi connectivity index (χ1) is 18.2. The lowest BCUT2D eigenvalue weighted by molar-refractivity contribution is 0.0223. The fourth-order valence-corrected chi connectivity index (χ4v) is 5.39. The molecule has 0 saturated carbocycles. The zero-order valence-corrected chi connectivity index (χ0v) is 22.5. The highest BCUT2D eigenvalue weighted by Gasteiger charge is 2.29. The molecule has 3 N–H and O–H groups in total. The molecule has 1 fully saturated rings. The number of piperidine rings is 1. The number of ether oxygens (including phenoxy) is 2. The molecule has 1 saturated heterocycles. The van der Waals surface area contributed by atoms with E-state index in [1.54, 1.807) is 12.0 Å². The van der Waals surface area contributed by atoms with Crippen LogP contribution in [0.25, 0.3) is 10.9 Å². The molecular formula is C29H37N5O4. The number of aromatic nitrogens is 1. The minimum atomic E-state index is -0.707. The lowest BCUT2D eigenvalue weighted by Gasteiger charge is -2.38. The van der Waals surface area contributed by atoms with E-state index in [0.717, 1.165) is 65.4 Å². The van der Waals surface area contributed by atoms with Crippen LogP contribution in [0.4, 0.5) is 16.3 Å². The summed E-state index contributed by atoms with van der Waals surface area (Å²) in [4.78, 5) is 21.8. The van der Waals surface area contributed by atoms with Crippen molar-refractivity contribution in [3.63, 3.8) is 0 Å². The number of urea groups is 1. The fraction of sp³-hybridized carbons (Fsp3) is 0.448. The Morgan fingerprint density at radius 1 is 1.21 bits per heavy atom. The zero-order valence-electron chi connectivity index (χ0n) is 22.5. The molecule has 2 amide bonds. The van der Waals surface area contributed by atoms with Crippen molar-refractivity contribution in [3.05, 3.63) is 54.1 Å². The van der Waals surface area contributed by atoms with E-state index in [1.165, 1.54) is 0 Å². The number of likely N-dealkylation sites (tertiary alicyclic amines) is 1. The summed E-state index contributed by atoms with van der Waals surface area (Å²) in [6, 6.07) is 15.5. The molecule has 1 unspecified atom stereocenters. The van der Waals surface area contributed by atoms with Gasteiger partial charge in [0.2, 0.25) is 0 Å². The van der Waals surface area contributed by atoms with Crippen molar-refractivity contribution in [3.8, 4) is 11.5 Å². The quantitative estimate of drug-likeness (QED) is 0.423. The third kappa shape index (κ3) is 5.79. The maximum atomic E-state index is 13.0. The van der Waals surface area contributed by atoms with Crippen LogP contribution < -0.4 is 20.1 Å². The minimum Gasteiger partial charge on any atom is -0.496 e. The number of nitrogens with zero attached hydrogens (tertiary/aromatic N) is 3. The predicted molar refractivity (Wildman–Crippen MR) is 149 cm³/mol. The Hall–Kier alpha value is -3.56. The van der Waals surface area contributed by atoms with Crippen LogP contribution >= 0.6 is 0 Å². The molecule has 0 spiro atoms. The van der Waals surface area contributed by atoms with Crippen LogP contribution in [0.1, 0.15) is 38.3 Å². The summed E-state index contributed by atoms with van der Waals surface area (Å²) in [5.74, 6) is 2.37. The van der Waals surface area contributed by atoms with E-state index in [9.17, 15) is 9.90 Å². The van der Waals surface area contributed by atoms with E-state index >= 15 is 0 Å². The zero-order chi connectivity index (χ0) is 26.9. The molecule has 9 heteroatoms. The maximum absolute atomic E-state index is 13.0. The normalized spacial score (nSPS) is 18.1. The summed E-state index contributed by atoms with van der Waals surface area (Å²) in [6.45, 7) is 6.55. The molecule has 0 aliphatic carbocycles. The number of hydrogen-bond donors (Lipinski definition) is 3. The van der Waals surface area contributed by atoms with Crippen LogP contribution in [-0.2, 0) is 0 Å². The second-order valence-corrected chi connectivity index (χ2v) is 10.8. The van der Waals surface area contributed by atoms with Crippen molar-refractivity contribution in [2.75, 3.05) is 51.0 Å². The molecule has 2 aliphatic heterocycles. The average Bonchev–Trinajstić information content (AvgIpc) is 3.30. The van der Waals surface area contributed by atoms with Crippen LogP contribution in [0.3, 0.4) is 0 Å². The number of hydrogen-bond acceptors (Lipinski definition) is 7. The van der Waals surface area contributed by atoms with E-state index < -0.39 is 5.60 Å². The van der Waals surface area contributed by atoms with Crippen molar-refractivity contribution in [1.29, 1.82) is 0 Å². The van der Waals surface area contributed by atoms with Gasteiger partial charge in [-0.1, -0.05) is 6.07 Å². The van der Waals surface area contributed by atoms with E-state index in [-0.39, 0.29) is 18.1 Å². The van der Waals surface area contributed by atoms with E-state index in [1.807, 2.05) is 69.4 Å². The van der Waals surface area contributed by atoms with Crippen molar-refractivity contribution in [1.82, 2.24) is 14.8 Å². The van der Waals surface area contributed by atoms with Crippen molar-refractivity contribution in [2.45, 2.75) is 44.4 Å². The molecule has 2 aliphatic rings. The Morgan fingerprint density at radius 2 is 2.00 bits per heavy atom. The Labute approximate surface area is 223 Å². The lowest BCUT2D eigenvalue weighted by atomic mass is 10.0. The summed E-state index contributed by atoms with van der Waals surface area (Å²) < 4.78 is 11.4. The van der Waals surface area contributed by atoms with Crippen LogP contribution in [-0.4, -0.2) is 78.0 Å². The molecule has 0 bridgehead atoms. The number of pyridine rings is 1. The average molecular weight is 520 g/mol. The summed E-state index contributed by atoms with van der Waals surface area (Å²) >= 11 is 0. The molecule has 1 aromatic heterocycles. The number of amides is 2. The predicted octanol–water partition coefficient (Wildman–Crippen LogP) is 4.49. The van der Waals surface area contributed by atoms with Gasteiger partial charge in [-0.3, -0.25) is 0 Å². The molecule has 3 heterocycles. The summed E-state index contributed by atoms with van der Waals surface area (Å²) in [6.07, 6.45) is 1.78. The highest BCUT2D eigenvalue weighted by atomic mass is 16.5. The number of aliphatic hydroxyl groups is 1. The largest absolute Gasteiger partial charge is 0.496 e. The van der Waals surface area contributed by atoms with Gasteiger partial charge in [0.1, 0.15) is 23.9 Å². The minimum absolute atomic E-state index is 0.0535. The molecule has 1 atom stereocenters. The molecule has 2 aromatic carbocycles. The number of rotatable bonds is 7. The Balaban J connectivity index is 1.20. The van der Waals surface area contributed by atoms with Gasteiger partial charge in [0.05, 0.1) is 29.8 Å². The second-order valence-electron chi connectivity index (χ2n) is 10.8. The van der Waals surface area contributed by atoms with Gasteiger partial charge in [0.25, 0.3) is 0 Å². The number of methoxy groups -OCH3 is 1. The standard InChI is InChI=1S/C29H37N5O4/c1-29(2,36)18-34-14-12-21(13-15-34)33(3)28(35)30-20-9-10-22-19(16-20)8-11-26(31-22)32-23-17-38-25-7-5-6-24(37-4)27(23)25/h5-11,16,21,23,36H,12-15,17-18H2,1-4H3,(H,30,35)(H,31,32). The topological polar surface area (TPSA) is 99.2 Å². The summed E-state index contributed by atoms with van der Waals surface area (Å²) in [5.41, 5.74) is 1.86.